The van der Waals surface area contributed by atoms with Gasteiger partial charge in [0.15, 0.2) is 0 Å². The minimum atomic E-state index is -0.444. The van der Waals surface area contributed by atoms with Crippen molar-refractivity contribution in [1.82, 2.24) is 19.7 Å². The largest absolute Gasteiger partial charge is 0.358 e. The molecule has 0 amide bonds. The van der Waals surface area contributed by atoms with E-state index in [0.29, 0.717) is 5.82 Å². The molecule has 0 spiro atoms. The number of nitro groups is 1. The van der Waals surface area contributed by atoms with Crippen LogP contribution in [0.4, 0.5) is 5.82 Å². The molecule has 0 aliphatic carbocycles. The van der Waals surface area contributed by atoms with E-state index >= 15 is 0 Å². The number of hydrogen-bond donors (Lipinski definition) is 0. The minimum absolute atomic E-state index is 0.0272. The van der Waals surface area contributed by atoms with Gasteiger partial charge < -0.3 is 10.1 Å². The average molecular weight is 307 g/mol. The van der Waals surface area contributed by atoms with Gasteiger partial charge in [-0.15, -0.1) is 10.2 Å². The summed E-state index contributed by atoms with van der Waals surface area (Å²) >= 11 is 1.57. The molecule has 2 rings (SSSR count). The van der Waals surface area contributed by atoms with E-state index < -0.39 is 4.92 Å². The summed E-state index contributed by atoms with van der Waals surface area (Å²) in [5.41, 5.74) is 0.985. The lowest BCUT2D eigenvalue weighted by molar-refractivity contribution is -0.391. The van der Waals surface area contributed by atoms with Crippen molar-refractivity contribution in [2.45, 2.75) is 33.1 Å². The van der Waals surface area contributed by atoms with Crippen molar-refractivity contribution >= 4 is 28.8 Å². The zero-order valence-electron chi connectivity index (χ0n) is 12.2. The molecule has 112 valence electrons. The van der Waals surface area contributed by atoms with Crippen LogP contribution in [-0.4, -0.2) is 24.7 Å². The first kappa shape index (κ1) is 15.3. The van der Waals surface area contributed by atoms with Gasteiger partial charge >= 0.3 is 5.82 Å². The van der Waals surface area contributed by atoms with Crippen LogP contribution in [0.2, 0.25) is 0 Å². The Hall–Kier alpha value is -2.09. The molecule has 0 aliphatic rings. The van der Waals surface area contributed by atoms with Crippen LogP contribution in [0, 0.1) is 10.1 Å². The summed E-state index contributed by atoms with van der Waals surface area (Å²) in [5, 5.41) is 21.1. The molecule has 2 aromatic heterocycles. The summed E-state index contributed by atoms with van der Waals surface area (Å²) in [6, 6.07) is 0. The summed E-state index contributed by atoms with van der Waals surface area (Å²) in [5.74, 6) is 0.520. The summed E-state index contributed by atoms with van der Waals surface area (Å²) in [6.07, 6.45) is 5.82. The number of hydrogen-bond acceptors (Lipinski definition) is 6. The van der Waals surface area contributed by atoms with E-state index in [2.05, 4.69) is 22.1 Å². The predicted molar refractivity (Wildman–Crippen MR) is 81.9 cm³/mol. The van der Waals surface area contributed by atoms with E-state index in [1.807, 2.05) is 13.0 Å². The molecular weight excluding hydrogens is 290 g/mol. The Labute approximate surface area is 126 Å². The van der Waals surface area contributed by atoms with Crippen LogP contribution < -0.4 is 0 Å². The molecule has 0 N–H and O–H groups in total. The van der Waals surface area contributed by atoms with Gasteiger partial charge in [0, 0.05) is 12.5 Å². The highest BCUT2D eigenvalue weighted by Gasteiger charge is 2.16. The Bertz CT molecular complexity index is 674. The molecule has 0 atom stereocenters. The van der Waals surface area contributed by atoms with Gasteiger partial charge in [0.05, 0.1) is 7.05 Å². The maximum atomic E-state index is 10.8. The topological polar surface area (TPSA) is 86.7 Å². The highest BCUT2D eigenvalue weighted by atomic mass is 32.1. The molecule has 0 aliphatic heterocycles. The number of imidazole rings is 1. The van der Waals surface area contributed by atoms with Gasteiger partial charge in [0.25, 0.3) is 0 Å². The maximum Gasteiger partial charge on any atom is 0.342 e. The van der Waals surface area contributed by atoms with E-state index in [9.17, 15) is 10.1 Å². The fourth-order valence-corrected chi connectivity index (χ4v) is 2.91. The number of aromatic nitrogens is 4. The molecule has 0 aromatic carbocycles. The minimum Gasteiger partial charge on any atom is -0.358 e. The van der Waals surface area contributed by atoms with Crippen molar-refractivity contribution in [3.05, 3.63) is 32.2 Å². The predicted octanol–water partition coefficient (Wildman–Crippen LogP) is 3.08. The van der Waals surface area contributed by atoms with Crippen LogP contribution in [0.1, 0.15) is 42.5 Å². The molecule has 0 bridgehead atoms. The number of rotatable bonds is 6. The first-order valence-corrected chi connectivity index (χ1v) is 7.57. The quantitative estimate of drug-likeness (QED) is 0.604. The van der Waals surface area contributed by atoms with Gasteiger partial charge in [-0.2, -0.15) is 0 Å². The number of nitrogens with zero attached hydrogens (tertiary/aromatic N) is 5. The molecule has 0 saturated carbocycles. The molecule has 0 fully saturated rings. The first-order valence-electron chi connectivity index (χ1n) is 6.76. The van der Waals surface area contributed by atoms with E-state index in [1.54, 1.807) is 18.4 Å². The molecule has 0 saturated heterocycles. The number of allylic oxidation sites excluding steroid dienone is 1. The third kappa shape index (κ3) is 3.33. The van der Waals surface area contributed by atoms with Gasteiger partial charge in [0.1, 0.15) is 16.2 Å². The average Bonchev–Trinajstić information content (AvgIpc) is 3.04. The Kier molecular flexibility index (Phi) is 4.79. The molecule has 0 radical (unpaired) electrons. The fourth-order valence-electron chi connectivity index (χ4n) is 1.89. The van der Waals surface area contributed by atoms with Crippen LogP contribution in [0.3, 0.4) is 0 Å². The van der Waals surface area contributed by atoms with Gasteiger partial charge in [-0.05, 0) is 23.3 Å². The zero-order valence-corrected chi connectivity index (χ0v) is 13.1. The highest BCUT2D eigenvalue weighted by Crippen LogP contribution is 2.25. The van der Waals surface area contributed by atoms with Crippen molar-refractivity contribution in [1.29, 1.82) is 0 Å². The standard InChI is InChI=1S/C13H17N5O2S/c1-4-6-11-15-16-13(21-11)9(5-2)7-10-14-8-12(17(10)3)18(19)20/h7-8H,4-6H2,1-3H3. The molecular formula is C13H17N5O2S. The third-order valence-corrected chi connectivity index (χ3v) is 4.13. The van der Waals surface area contributed by atoms with E-state index in [4.69, 9.17) is 0 Å². The van der Waals surface area contributed by atoms with Gasteiger partial charge in [-0.1, -0.05) is 25.2 Å². The van der Waals surface area contributed by atoms with Crippen LogP contribution in [0.15, 0.2) is 6.20 Å². The normalized spacial score (nSPS) is 11.9. The van der Waals surface area contributed by atoms with E-state index in [0.717, 1.165) is 34.9 Å². The summed E-state index contributed by atoms with van der Waals surface area (Å²) < 4.78 is 1.46. The van der Waals surface area contributed by atoms with Crippen molar-refractivity contribution in [2.24, 2.45) is 7.05 Å². The lowest BCUT2D eigenvalue weighted by atomic mass is 10.2. The van der Waals surface area contributed by atoms with Gasteiger partial charge in [0.2, 0.25) is 5.82 Å². The van der Waals surface area contributed by atoms with Crippen LogP contribution in [0.25, 0.3) is 11.6 Å². The van der Waals surface area contributed by atoms with Crippen LogP contribution >= 0.6 is 11.3 Å². The summed E-state index contributed by atoms with van der Waals surface area (Å²) in [4.78, 5) is 14.5. The molecule has 7 nitrogen and oxygen atoms in total. The second-order valence-electron chi connectivity index (χ2n) is 4.56. The molecule has 2 heterocycles. The Balaban J connectivity index is 2.33. The lowest BCUT2D eigenvalue weighted by Crippen LogP contribution is -1.99. The lowest BCUT2D eigenvalue weighted by Gasteiger charge is -1.98. The zero-order chi connectivity index (χ0) is 15.4. The van der Waals surface area contributed by atoms with Gasteiger partial charge in [-0.3, -0.25) is 0 Å². The van der Waals surface area contributed by atoms with Crippen molar-refractivity contribution < 1.29 is 4.92 Å². The Morgan fingerprint density at radius 3 is 2.81 bits per heavy atom. The Morgan fingerprint density at radius 1 is 1.48 bits per heavy atom. The Morgan fingerprint density at radius 2 is 2.24 bits per heavy atom. The molecule has 0 unspecified atom stereocenters. The van der Waals surface area contributed by atoms with Gasteiger partial charge in [-0.25, -0.2) is 9.55 Å². The summed E-state index contributed by atoms with van der Waals surface area (Å²) in [7, 11) is 1.63. The molecule has 8 heteroatoms. The second-order valence-corrected chi connectivity index (χ2v) is 5.63. The fraction of sp³-hybridized carbons (Fsp3) is 0.462. The van der Waals surface area contributed by atoms with E-state index in [-0.39, 0.29) is 5.82 Å². The van der Waals surface area contributed by atoms with E-state index in [1.165, 1.54) is 10.8 Å². The highest BCUT2D eigenvalue weighted by molar-refractivity contribution is 7.12. The SMILES string of the molecule is CCCc1nnc(C(=Cc2ncc([N+](=O)[O-])n2C)CC)s1. The molecule has 2 aromatic rings. The van der Waals surface area contributed by atoms with Crippen molar-refractivity contribution in [3.63, 3.8) is 0 Å². The van der Waals surface area contributed by atoms with Crippen molar-refractivity contribution in [3.8, 4) is 0 Å². The molecule has 21 heavy (non-hydrogen) atoms. The monoisotopic (exact) mass is 307 g/mol. The number of aryl methyl sites for hydroxylation is 1. The maximum absolute atomic E-state index is 10.8. The van der Waals surface area contributed by atoms with Crippen LogP contribution in [-0.2, 0) is 13.5 Å². The smallest absolute Gasteiger partial charge is 0.342 e. The van der Waals surface area contributed by atoms with Crippen LogP contribution in [0.5, 0.6) is 0 Å². The van der Waals surface area contributed by atoms with Crippen molar-refractivity contribution in [2.75, 3.05) is 0 Å². The first-order chi connectivity index (χ1) is 10.1. The summed E-state index contributed by atoms with van der Waals surface area (Å²) in [6.45, 7) is 4.12. The third-order valence-electron chi connectivity index (χ3n) is 3.08. The second kappa shape index (κ2) is 6.57.